The number of sulfonamides is 1. The normalized spacial score (nSPS) is 19.7. The minimum absolute atomic E-state index is 0.0327. The van der Waals surface area contributed by atoms with E-state index in [0.29, 0.717) is 0 Å². The molecule has 7 heteroatoms. The highest BCUT2D eigenvalue weighted by atomic mass is 32.2. The van der Waals surface area contributed by atoms with Crippen LogP contribution < -0.4 is 0 Å². The number of hydrogen-bond acceptors (Lipinski definition) is 4. The third kappa shape index (κ3) is 5.83. The summed E-state index contributed by atoms with van der Waals surface area (Å²) < 4.78 is 25.3. The van der Waals surface area contributed by atoms with Crippen molar-refractivity contribution in [2.45, 2.75) is 58.2 Å². The average Bonchev–Trinajstić information content (AvgIpc) is 2.97. The Kier molecular flexibility index (Phi) is 13.1. The predicted octanol–water partition coefficient (Wildman–Crippen LogP) is 3.68. The van der Waals surface area contributed by atoms with E-state index in [9.17, 15) is 18.3 Å². The number of nitrogens with zero attached hydrogens (tertiary/aromatic N) is 1. The van der Waals surface area contributed by atoms with Crippen molar-refractivity contribution in [1.82, 2.24) is 4.31 Å². The topological polar surface area (TPSA) is 74.7 Å². The summed E-state index contributed by atoms with van der Waals surface area (Å²) in [6.45, 7) is 13.7. The number of rotatable bonds is 3. The molecule has 2 atom stereocenters. The summed E-state index contributed by atoms with van der Waals surface area (Å²) in [6, 6.07) is 7.78. The highest BCUT2D eigenvalue weighted by Crippen LogP contribution is 2.38. The summed E-state index contributed by atoms with van der Waals surface area (Å²) in [5.74, 6) is -0.716. The Morgan fingerprint density at radius 2 is 1.50 bits per heavy atom. The van der Waals surface area contributed by atoms with Gasteiger partial charge < -0.3 is 5.11 Å². The molecular formula is C17H32NO4PS. The lowest BCUT2D eigenvalue weighted by atomic mass is 10.3. The predicted molar refractivity (Wildman–Crippen MR) is 103 cm³/mol. The van der Waals surface area contributed by atoms with Crippen LogP contribution in [0.2, 0.25) is 0 Å². The third-order valence-corrected chi connectivity index (χ3v) is 6.09. The van der Waals surface area contributed by atoms with E-state index in [2.05, 4.69) is 0 Å². The smallest absolute Gasteiger partial charge is 0.272 e. The first-order chi connectivity index (χ1) is 11.4. The second-order valence-corrected chi connectivity index (χ2v) is 7.25. The SMILES string of the molecule is CC.CC.CC.CPC1(O)CCN(S(=O)(=O)c2ccccc2)C1=O. The van der Waals surface area contributed by atoms with E-state index < -0.39 is 21.3 Å². The Bertz CT molecular complexity index is 563. The Labute approximate surface area is 149 Å². The first-order valence-electron chi connectivity index (χ1n) is 8.45. The zero-order valence-electron chi connectivity index (χ0n) is 15.8. The number of carbonyl (C=O) groups excluding carboxylic acids is 1. The molecule has 1 saturated heterocycles. The van der Waals surface area contributed by atoms with Gasteiger partial charge >= 0.3 is 0 Å². The zero-order valence-corrected chi connectivity index (χ0v) is 17.6. The summed E-state index contributed by atoms with van der Waals surface area (Å²) >= 11 is 0. The summed E-state index contributed by atoms with van der Waals surface area (Å²) in [5.41, 5.74) is 0. The summed E-state index contributed by atoms with van der Waals surface area (Å²) in [5, 5.41) is 8.49. The fourth-order valence-electron chi connectivity index (χ4n) is 1.86. The van der Waals surface area contributed by atoms with E-state index in [-0.39, 0.29) is 26.4 Å². The van der Waals surface area contributed by atoms with Gasteiger partial charge in [0.05, 0.1) is 4.90 Å². The maximum atomic E-state index is 12.2. The second kappa shape index (κ2) is 12.4. The molecule has 1 aliphatic heterocycles. The van der Waals surface area contributed by atoms with Gasteiger partial charge in [-0.05, 0) is 18.8 Å². The van der Waals surface area contributed by atoms with Gasteiger partial charge in [0.1, 0.15) is 0 Å². The molecule has 0 spiro atoms. The Balaban J connectivity index is 0. The van der Waals surface area contributed by atoms with Crippen LogP contribution in [0.3, 0.4) is 0 Å². The number of amides is 1. The fourth-order valence-corrected chi connectivity index (χ4v) is 4.11. The molecule has 0 radical (unpaired) electrons. The lowest BCUT2D eigenvalue weighted by Gasteiger charge is -2.20. The van der Waals surface area contributed by atoms with Crippen molar-refractivity contribution >= 4 is 24.5 Å². The molecule has 24 heavy (non-hydrogen) atoms. The number of hydrogen-bond donors (Lipinski definition) is 1. The Morgan fingerprint density at radius 1 is 1.04 bits per heavy atom. The molecule has 0 aliphatic carbocycles. The minimum Gasteiger partial charge on any atom is -0.376 e. The van der Waals surface area contributed by atoms with Crippen molar-refractivity contribution in [3.05, 3.63) is 30.3 Å². The van der Waals surface area contributed by atoms with Crippen LogP contribution >= 0.6 is 8.58 Å². The largest absolute Gasteiger partial charge is 0.376 e. The maximum absolute atomic E-state index is 12.2. The minimum atomic E-state index is -3.84. The van der Waals surface area contributed by atoms with Gasteiger partial charge in [0.25, 0.3) is 15.9 Å². The molecule has 2 unspecified atom stereocenters. The molecule has 1 aliphatic rings. The van der Waals surface area contributed by atoms with Gasteiger partial charge in [0.2, 0.25) is 0 Å². The quantitative estimate of drug-likeness (QED) is 0.816. The van der Waals surface area contributed by atoms with Gasteiger partial charge in [0.15, 0.2) is 5.34 Å². The van der Waals surface area contributed by atoms with E-state index in [0.717, 1.165) is 4.31 Å². The first-order valence-corrected chi connectivity index (χ1v) is 11.4. The zero-order chi connectivity index (χ0) is 19.4. The van der Waals surface area contributed by atoms with Crippen LogP contribution in [0.4, 0.5) is 0 Å². The van der Waals surface area contributed by atoms with Gasteiger partial charge in [-0.25, -0.2) is 12.7 Å². The number of benzene rings is 1. The second-order valence-electron chi connectivity index (χ2n) is 4.06. The first kappa shape index (κ1) is 25.3. The van der Waals surface area contributed by atoms with Gasteiger partial charge in [-0.1, -0.05) is 68.3 Å². The number of carbonyl (C=O) groups is 1. The third-order valence-electron chi connectivity index (χ3n) is 3.00. The molecule has 1 N–H and O–H groups in total. The van der Waals surface area contributed by atoms with Gasteiger partial charge in [-0.3, -0.25) is 4.79 Å². The van der Waals surface area contributed by atoms with Crippen molar-refractivity contribution in [2.24, 2.45) is 0 Å². The number of aliphatic hydroxyl groups is 1. The molecule has 140 valence electrons. The molecular weight excluding hydrogens is 345 g/mol. The summed E-state index contributed by atoms with van der Waals surface area (Å²) in [6.07, 6.45) is 0.160. The van der Waals surface area contributed by atoms with Crippen LogP contribution in [0, 0.1) is 0 Å². The molecule has 0 bridgehead atoms. The van der Waals surface area contributed by atoms with E-state index in [1.165, 1.54) is 12.1 Å². The van der Waals surface area contributed by atoms with Crippen LogP contribution in [0.15, 0.2) is 35.2 Å². The van der Waals surface area contributed by atoms with Crippen LogP contribution in [-0.4, -0.2) is 42.3 Å². The molecule has 1 aromatic carbocycles. The van der Waals surface area contributed by atoms with Crippen LogP contribution in [0.1, 0.15) is 48.0 Å². The van der Waals surface area contributed by atoms with E-state index in [1.54, 1.807) is 24.9 Å². The van der Waals surface area contributed by atoms with Crippen molar-refractivity contribution in [1.29, 1.82) is 0 Å². The molecule has 5 nitrogen and oxygen atoms in total. The molecule has 1 fully saturated rings. The maximum Gasteiger partial charge on any atom is 0.272 e. The molecule has 0 aromatic heterocycles. The molecule has 1 heterocycles. The van der Waals surface area contributed by atoms with Gasteiger partial charge in [-0.2, -0.15) is 0 Å². The van der Waals surface area contributed by atoms with Crippen molar-refractivity contribution in [3.63, 3.8) is 0 Å². The van der Waals surface area contributed by atoms with Crippen LogP contribution in [0.25, 0.3) is 0 Å². The van der Waals surface area contributed by atoms with Crippen LogP contribution in [-0.2, 0) is 14.8 Å². The molecule has 1 amide bonds. The van der Waals surface area contributed by atoms with E-state index in [1.807, 2.05) is 41.5 Å². The van der Waals surface area contributed by atoms with E-state index >= 15 is 0 Å². The lowest BCUT2D eigenvalue weighted by Crippen LogP contribution is -2.39. The highest BCUT2D eigenvalue weighted by molar-refractivity contribution is 7.89. The van der Waals surface area contributed by atoms with Gasteiger partial charge in [0, 0.05) is 13.0 Å². The standard InChI is InChI=1S/C11H14NO4PS.3C2H6/c1-17-11(14)7-8-12(10(11)13)18(15,16)9-5-3-2-4-6-9;3*1-2/h2-6,14,17H,7-8H2,1H3;3*1-2H3. The fraction of sp³-hybridized carbons (Fsp3) is 0.588. The van der Waals surface area contributed by atoms with Crippen LogP contribution in [0.5, 0.6) is 0 Å². The van der Waals surface area contributed by atoms with Crippen molar-refractivity contribution in [2.75, 3.05) is 13.2 Å². The Morgan fingerprint density at radius 3 is 1.88 bits per heavy atom. The average molecular weight is 377 g/mol. The monoisotopic (exact) mass is 377 g/mol. The van der Waals surface area contributed by atoms with Crippen molar-refractivity contribution in [3.8, 4) is 0 Å². The lowest BCUT2D eigenvalue weighted by molar-refractivity contribution is -0.132. The molecule has 1 aromatic rings. The Hall–Kier alpha value is -0.970. The summed E-state index contributed by atoms with van der Waals surface area (Å²) in [7, 11) is -3.87. The van der Waals surface area contributed by atoms with Gasteiger partial charge in [-0.15, -0.1) is 0 Å². The molecule has 0 saturated carbocycles. The molecule has 2 rings (SSSR count). The summed E-state index contributed by atoms with van der Waals surface area (Å²) in [4.78, 5) is 12.1. The van der Waals surface area contributed by atoms with Crippen molar-refractivity contribution < 1.29 is 18.3 Å². The highest BCUT2D eigenvalue weighted by Gasteiger charge is 2.48. The van der Waals surface area contributed by atoms with E-state index in [4.69, 9.17) is 0 Å².